The first-order valence-corrected chi connectivity index (χ1v) is 1.54. The van der Waals surface area contributed by atoms with Gasteiger partial charge in [-0.3, -0.25) is 10.1 Å². The minimum atomic E-state index is -2.43. The van der Waals surface area contributed by atoms with Crippen LogP contribution in [0.15, 0.2) is 0 Å². The van der Waals surface area contributed by atoms with Crippen molar-refractivity contribution < 1.29 is 44.0 Å². The van der Waals surface area contributed by atoms with Gasteiger partial charge in [0.2, 0.25) is 0 Å². The molecule has 1 atom stereocenters. The molecule has 0 saturated carbocycles. The molecular weight excluding hydrogens is 128 g/mol. The summed E-state index contributed by atoms with van der Waals surface area (Å²) in [5, 5.41) is 18.4. The number of hydrogen-bond acceptors (Lipinski definition) is 3. The Morgan fingerprint density at radius 2 is 2.12 bits per heavy atom. The van der Waals surface area contributed by atoms with Crippen LogP contribution in [0.3, 0.4) is 0 Å². The zero-order chi connectivity index (χ0) is 5.86. The maximum absolute atomic E-state index is 11.2. The quantitative estimate of drug-likeness (QED) is 0.166. The molecular formula is C2H3FNNaO3. The standard InChI is InChI=1S/C2H3FNO3.Na/c3-2(1-5)4(6)7;/h2H,1H2;/q-1;+1. The zero-order valence-corrected chi connectivity index (χ0v) is 6.33. The summed E-state index contributed by atoms with van der Waals surface area (Å²) in [4.78, 5) is 7.90. The first-order valence-electron chi connectivity index (χ1n) is 1.54. The average Bonchev–Trinajstić information content (AvgIpc) is 1.65. The van der Waals surface area contributed by atoms with Crippen molar-refractivity contribution in [1.29, 1.82) is 0 Å². The van der Waals surface area contributed by atoms with Crippen LogP contribution in [0.1, 0.15) is 0 Å². The van der Waals surface area contributed by atoms with Crippen LogP contribution in [-0.4, -0.2) is 17.8 Å². The Balaban J connectivity index is 0. The van der Waals surface area contributed by atoms with Crippen LogP contribution in [0.4, 0.5) is 4.39 Å². The van der Waals surface area contributed by atoms with Crippen LogP contribution in [0.2, 0.25) is 0 Å². The molecule has 0 aliphatic carbocycles. The molecule has 0 spiro atoms. The van der Waals surface area contributed by atoms with E-state index >= 15 is 0 Å². The van der Waals surface area contributed by atoms with Gasteiger partial charge in [-0.05, 0) is 6.61 Å². The third-order valence-electron chi connectivity index (χ3n) is 0.366. The van der Waals surface area contributed by atoms with Crippen LogP contribution >= 0.6 is 0 Å². The number of halogens is 1. The summed E-state index contributed by atoms with van der Waals surface area (Å²) < 4.78 is 11.2. The predicted octanol–water partition coefficient (Wildman–Crippen LogP) is -4.08. The minimum absolute atomic E-state index is 0. The van der Waals surface area contributed by atoms with Crippen LogP contribution in [0.5, 0.6) is 0 Å². The summed E-state index contributed by atoms with van der Waals surface area (Å²) in [6.07, 6.45) is -2.43. The smallest absolute Gasteiger partial charge is 0.847 e. The summed E-state index contributed by atoms with van der Waals surface area (Å²) in [7, 11) is 0. The van der Waals surface area contributed by atoms with Gasteiger partial charge in [-0.25, -0.2) is 0 Å². The number of alkyl halides is 1. The third kappa shape index (κ3) is 4.45. The minimum Gasteiger partial charge on any atom is -0.847 e. The molecule has 42 valence electrons. The van der Waals surface area contributed by atoms with E-state index in [-0.39, 0.29) is 29.6 Å². The van der Waals surface area contributed by atoms with Gasteiger partial charge in [-0.1, -0.05) is 0 Å². The number of hydrogen-bond donors (Lipinski definition) is 0. The molecule has 0 fully saturated rings. The molecule has 0 bridgehead atoms. The van der Waals surface area contributed by atoms with Crippen molar-refractivity contribution in [2.75, 3.05) is 6.61 Å². The van der Waals surface area contributed by atoms with Crippen molar-refractivity contribution in [2.24, 2.45) is 0 Å². The van der Waals surface area contributed by atoms with E-state index in [2.05, 4.69) is 0 Å². The van der Waals surface area contributed by atoms with E-state index in [1.54, 1.807) is 0 Å². The molecule has 8 heavy (non-hydrogen) atoms. The Kier molecular flexibility index (Phi) is 7.55. The van der Waals surface area contributed by atoms with E-state index in [9.17, 15) is 9.50 Å². The molecule has 0 amide bonds. The Hall–Kier alpha value is 0.290. The predicted molar refractivity (Wildman–Crippen MR) is 16.8 cm³/mol. The van der Waals surface area contributed by atoms with Gasteiger partial charge < -0.3 is 5.11 Å². The summed E-state index contributed by atoms with van der Waals surface area (Å²) in [5.74, 6) is 0. The average molecular weight is 131 g/mol. The maximum Gasteiger partial charge on any atom is 1.00 e. The van der Waals surface area contributed by atoms with Crippen LogP contribution in [0, 0.1) is 10.1 Å². The van der Waals surface area contributed by atoms with Gasteiger partial charge in [-0.2, -0.15) is 4.39 Å². The Morgan fingerprint density at radius 1 is 1.75 bits per heavy atom. The second-order valence-electron chi connectivity index (χ2n) is 0.886. The normalized spacial score (nSPS) is 11.8. The molecule has 0 radical (unpaired) electrons. The monoisotopic (exact) mass is 131 g/mol. The van der Waals surface area contributed by atoms with E-state index in [4.69, 9.17) is 10.1 Å². The Morgan fingerprint density at radius 3 is 2.12 bits per heavy atom. The second kappa shape index (κ2) is 5.43. The van der Waals surface area contributed by atoms with Crippen LogP contribution in [0.25, 0.3) is 0 Å². The summed E-state index contributed by atoms with van der Waals surface area (Å²) >= 11 is 0. The number of nitro groups is 1. The van der Waals surface area contributed by atoms with E-state index in [0.717, 1.165) is 0 Å². The molecule has 0 aromatic heterocycles. The van der Waals surface area contributed by atoms with Crippen molar-refractivity contribution in [3.05, 3.63) is 10.1 Å². The largest absolute Gasteiger partial charge is 1.00 e. The van der Waals surface area contributed by atoms with Crippen molar-refractivity contribution in [2.45, 2.75) is 6.30 Å². The van der Waals surface area contributed by atoms with Gasteiger partial charge >= 0.3 is 35.9 Å². The SMILES string of the molecule is O=[N+]([O-])C(F)C[O-].[Na+]. The zero-order valence-electron chi connectivity index (χ0n) is 4.33. The first-order chi connectivity index (χ1) is 3.18. The van der Waals surface area contributed by atoms with Crippen molar-refractivity contribution in [3.8, 4) is 0 Å². The van der Waals surface area contributed by atoms with Gasteiger partial charge in [0.25, 0.3) is 0 Å². The van der Waals surface area contributed by atoms with Crippen molar-refractivity contribution >= 4 is 0 Å². The van der Waals surface area contributed by atoms with Crippen LogP contribution in [-0.2, 0) is 0 Å². The number of rotatable bonds is 2. The molecule has 0 aliphatic rings. The summed E-state index contributed by atoms with van der Waals surface area (Å²) in [6.45, 7) is -1.30. The fraction of sp³-hybridized carbons (Fsp3) is 1.00. The van der Waals surface area contributed by atoms with Gasteiger partial charge in [-0.15, -0.1) is 0 Å². The van der Waals surface area contributed by atoms with Crippen molar-refractivity contribution in [3.63, 3.8) is 0 Å². The molecule has 0 N–H and O–H groups in total. The van der Waals surface area contributed by atoms with E-state index in [1.165, 1.54) is 0 Å². The molecule has 0 aromatic rings. The van der Waals surface area contributed by atoms with E-state index < -0.39 is 17.8 Å². The van der Waals surface area contributed by atoms with Crippen molar-refractivity contribution in [1.82, 2.24) is 0 Å². The summed E-state index contributed by atoms with van der Waals surface area (Å²) in [6, 6.07) is 0. The molecule has 0 rings (SSSR count). The molecule has 0 heterocycles. The van der Waals surface area contributed by atoms with E-state index in [1.807, 2.05) is 0 Å². The topological polar surface area (TPSA) is 66.2 Å². The fourth-order valence-corrected chi connectivity index (χ4v) is 0.0609. The first kappa shape index (κ1) is 11.1. The molecule has 6 heteroatoms. The number of nitrogens with zero attached hydrogens (tertiary/aromatic N) is 1. The Bertz CT molecular complexity index is 79.7. The van der Waals surface area contributed by atoms with Gasteiger partial charge in [0, 0.05) is 0 Å². The second-order valence-corrected chi connectivity index (χ2v) is 0.886. The van der Waals surface area contributed by atoms with Gasteiger partial charge in [0.15, 0.2) is 0 Å². The molecule has 4 nitrogen and oxygen atoms in total. The molecule has 0 saturated heterocycles. The van der Waals surface area contributed by atoms with Crippen LogP contribution < -0.4 is 34.7 Å². The fourth-order valence-electron chi connectivity index (χ4n) is 0.0609. The Labute approximate surface area is 67.1 Å². The third-order valence-corrected chi connectivity index (χ3v) is 0.366. The molecule has 0 aromatic carbocycles. The van der Waals surface area contributed by atoms with Gasteiger partial charge in [0.1, 0.15) is 0 Å². The molecule has 1 unspecified atom stereocenters. The van der Waals surface area contributed by atoms with E-state index in [0.29, 0.717) is 0 Å². The summed E-state index contributed by atoms with van der Waals surface area (Å²) in [5.41, 5.74) is 0. The maximum atomic E-state index is 11.2. The van der Waals surface area contributed by atoms with Gasteiger partial charge in [0.05, 0.1) is 4.92 Å². The molecule has 0 aliphatic heterocycles.